The van der Waals surface area contributed by atoms with Gasteiger partial charge in [0.05, 0.1) is 30.0 Å². The number of carbonyl (C=O) groups excluding carboxylic acids is 2. The molecule has 130 valence electrons. The minimum absolute atomic E-state index is 0.319. The highest BCUT2D eigenvalue weighted by Gasteiger charge is 2.48. The van der Waals surface area contributed by atoms with E-state index in [-0.39, 0.29) is 29.2 Å². The molecule has 1 aromatic carbocycles. The lowest BCUT2D eigenvalue weighted by molar-refractivity contribution is -0.142. The lowest BCUT2D eigenvalue weighted by Gasteiger charge is -2.22. The molecule has 2 amide bonds. The number of fused-ring (bicyclic) bond motifs is 1. The third-order valence-corrected chi connectivity index (χ3v) is 4.91. The van der Waals surface area contributed by atoms with Gasteiger partial charge < -0.3 is 5.11 Å². The van der Waals surface area contributed by atoms with Gasteiger partial charge in [0.1, 0.15) is 0 Å². The number of nitrogens with zero attached hydrogens (tertiary/aromatic N) is 1. The number of aliphatic hydroxyl groups is 1. The van der Waals surface area contributed by atoms with Gasteiger partial charge in [-0.2, -0.15) is 13.2 Å². The summed E-state index contributed by atoms with van der Waals surface area (Å²) in [7, 11) is 0. The highest BCUT2D eigenvalue weighted by atomic mass is 19.4. The second-order valence-corrected chi connectivity index (χ2v) is 6.39. The lowest BCUT2D eigenvalue weighted by Crippen LogP contribution is -2.35. The van der Waals surface area contributed by atoms with Gasteiger partial charge >= 0.3 is 6.18 Å². The predicted molar refractivity (Wildman–Crippen MR) is 78.6 cm³/mol. The van der Waals surface area contributed by atoms with Crippen LogP contribution in [0.25, 0.3) is 0 Å². The van der Waals surface area contributed by atoms with Crippen LogP contribution in [0.1, 0.15) is 42.9 Å². The molecule has 1 aromatic rings. The fourth-order valence-corrected chi connectivity index (χ4v) is 3.73. The van der Waals surface area contributed by atoms with Crippen molar-refractivity contribution in [3.05, 3.63) is 35.4 Å². The van der Waals surface area contributed by atoms with E-state index >= 15 is 0 Å². The lowest BCUT2D eigenvalue weighted by atomic mass is 9.81. The van der Waals surface area contributed by atoms with E-state index in [0.717, 1.165) is 23.8 Å². The van der Waals surface area contributed by atoms with Crippen LogP contribution < -0.4 is 0 Å². The maximum atomic E-state index is 13.1. The van der Waals surface area contributed by atoms with Gasteiger partial charge in [-0.1, -0.05) is 31.0 Å². The van der Waals surface area contributed by atoms with Crippen molar-refractivity contribution in [3.8, 4) is 0 Å². The van der Waals surface area contributed by atoms with Crippen molar-refractivity contribution < 1.29 is 27.9 Å². The molecule has 3 atom stereocenters. The standard InChI is InChI=1S/C17H18F3NO3/c18-17(19,20)13-8-4-3-7-12(13)14(22)9-21-15(23)10-5-1-2-6-11(10)16(21)24/h3-4,7-8,10-11,14,22H,1-2,5-6,9H2/t10-,11-,14-/m1/s1. The van der Waals surface area contributed by atoms with E-state index in [9.17, 15) is 27.9 Å². The number of β-amino-alcohol motifs (C(OH)–C–C–N with tert-alkyl or cyclic N) is 1. The molecule has 7 heteroatoms. The van der Waals surface area contributed by atoms with Crippen molar-refractivity contribution in [1.82, 2.24) is 4.90 Å². The van der Waals surface area contributed by atoms with Gasteiger partial charge in [-0.3, -0.25) is 14.5 Å². The summed E-state index contributed by atoms with van der Waals surface area (Å²) in [4.78, 5) is 25.7. The Morgan fingerprint density at radius 2 is 1.62 bits per heavy atom. The summed E-state index contributed by atoms with van der Waals surface area (Å²) < 4.78 is 39.2. The first kappa shape index (κ1) is 17.0. The number of hydrogen-bond acceptors (Lipinski definition) is 3. The minimum Gasteiger partial charge on any atom is -0.387 e. The normalized spacial score (nSPS) is 25.8. The van der Waals surface area contributed by atoms with Gasteiger partial charge in [0, 0.05) is 0 Å². The Kier molecular flexibility index (Phi) is 4.38. The van der Waals surface area contributed by atoms with Crippen molar-refractivity contribution >= 4 is 11.8 Å². The summed E-state index contributed by atoms with van der Waals surface area (Å²) in [6.45, 7) is -0.433. The Hall–Kier alpha value is -1.89. The third kappa shape index (κ3) is 2.92. The number of imide groups is 1. The van der Waals surface area contributed by atoms with Crippen molar-refractivity contribution in [3.63, 3.8) is 0 Å². The van der Waals surface area contributed by atoms with Gasteiger partial charge in [-0.05, 0) is 24.5 Å². The van der Waals surface area contributed by atoms with E-state index in [1.165, 1.54) is 18.2 Å². The number of amides is 2. The molecule has 1 saturated heterocycles. The molecule has 1 aliphatic carbocycles. The smallest absolute Gasteiger partial charge is 0.387 e. The van der Waals surface area contributed by atoms with Crippen molar-refractivity contribution in [2.45, 2.75) is 38.0 Å². The summed E-state index contributed by atoms with van der Waals surface area (Å²) in [5, 5.41) is 10.2. The number of aliphatic hydroxyl groups excluding tert-OH is 1. The average molecular weight is 341 g/mol. The van der Waals surface area contributed by atoms with E-state index in [4.69, 9.17) is 0 Å². The molecule has 24 heavy (non-hydrogen) atoms. The topological polar surface area (TPSA) is 57.6 Å². The zero-order chi connectivity index (χ0) is 17.5. The summed E-state index contributed by atoms with van der Waals surface area (Å²) in [5.41, 5.74) is -1.27. The third-order valence-electron chi connectivity index (χ3n) is 4.91. The number of carbonyl (C=O) groups is 2. The Bertz CT molecular complexity index is 635. The molecule has 2 fully saturated rings. The SMILES string of the molecule is O=C1[C@@H]2CCCC[C@H]2C(=O)N1C[C@@H](O)c1ccccc1C(F)(F)F. The molecular weight excluding hydrogens is 323 g/mol. The van der Waals surface area contributed by atoms with Gasteiger partial charge in [-0.25, -0.2) is 0 Å². The minimum atomic E-state index is -4.61. The zero-order valence-electron chi connectivity index (χ0n) is 12.9. The average Bonchev–Trinajstić information content (AvgIpc) is 2.79. The van der Waals surface area contributed by atoms with Crippen molar-refractivity contribution in [1.29, 1.82) is 0 Å². The Balaban J connectivity index is 1.82. The van der Waals surface area contributed by atoms with Gasteiger partial charge in [0.2, 0.25) is 11.8 Å². The highest BCUT2D eigenvalue weighted by Crippen LogP contribution is 2.40. The summed E-state index contributed by atoms with van der Waals surface area (Å²) >= 11 is 0. The van der Waals surface area contributed by atoms with Crippen molar-refractivity contribution in [2.24, 2.45) is 11.8 Å². The van der Waals surface area contributed by atoms with Gasteiger partial charge in [0.15, 0.2) is 0 Å². The van der Waals surface area contributed by atoms with Crippen LogP contribution in [0.15, 0.2) is 24.3 Å². The maximum Gasteiger partial charge on any atom is 0.416 e. The number of halogens is 3. The largest absolute Gasteiger partial charge is 0.416 e. The summed E-state index contributed by atoms with van der Waals surface area (Å²) in [6, 6.07) is 4.68. The van der Waals surface area contributed by atoms with Crippen LogP contribution in [0.5, 0.6) is 0 Å². The van der Waals surface area contributed by atoms with Gasteiger partial charge in [-0.15, -0.1) is 0 Å². The highest BCUT2D eigenvalue weighted by molar-refractivity contribution is 6.05. The van der Waals surface area contributed by atoms with Crippen LogP contribution in [0.3, 0.4) is 0 Å². The van der Waals surface area contributed by atoms with Crippen LogP contribution in [-0.4, -0.2) is 28.4 Å². The zero-order valence-corrected chi connectivity index (χ0v) is 12.9. The van der Waals surface area contributed by atoms with E-state index in [2.05, 4.69) is 0 Å². The number of rotatable bonds is 3. The Labute approximate surface area is 137 Å². The number of alkyl halides is 3. The molecular formula is C17H18F3NO3. The van der Waals surface area contributed by atoms with Crippen LogP contribution in [0.4, 0.5) is 13.2 Å². The predicted octanol–water partition coefficient (Wildman–Crippen LogP) is 2.91. The first-order chi connectivity index (χ1) is 11.3. The number of benzene rings is 1. The van der Waals surface area contributed by atoms with E-state index in [1.807, 2.05) is 0 Å². The second-order valence-electron chi connectivity index (χ2n) is 6.39. The van der Waals surface area contributed by atoms with Crippen LogP contribution in [-0.2, 0) is 15.8 Å². The Morgan fingerprint density at radius 1 is 1.08 bits per heavy atom. The first-order valence-corrected chi connectivity index (χ1v) is 8.00. The molecule has 0 radical (unpaired) electrons. The molecule has 0 spiro atoms. The molecule has 4 nitrogen and oxygen atoms in total. The fraction of sp³-hybridized carbons (Fsp3) is 0.529. The van der Waals surface area contributed by atoms with Crippen LogP contribution in [0.2, 0.25) is 0 Å². The van der Waals surface area contributed by atoms with Gasteiger partial charge in [0.25, 0.3) is 0 Å². The van der Waals surface area contributed by atoms with E-state index in [1.54, 1.807) is 0 Å². The number of likely N-dealkylation sites (tertiary alicyclic amines) is 1. The summed E-state index contributed by atoms with van der Waals surface area (Å²) in [5.74, 6) is -1.49. The quantitative estimate of drug-likeness (QED) is 0.860. The molecule has 0 bridgehead atoms. The second kappa shape index (κ2) is 6.20. The molecule has 2 aliphatic rings. The van der Waals surface area contributed by atoms with Crippen LogP contribution >= 0.6 is 0 Å². The van der Waals surface area contributed by atoms with Crippen molar-refractivity contribution in [2.75, 3.05) is 6.54 Å². The van der Waals surface area contributed by atoms with E-state index in [0.29, 0.717) is 12.8 Å². The molecule has 1 N–H and O–H groups in total. The molecule has 1 aliphatic heterocycles. The maximum absolute atomic E-state index is 13.1. The molecule has 0 aromatic heterocycles. The fourth-order valence-electron chi connectivity index (χ4n) is 3.73. The van der Waals surface area contributed by atoms with Crippen LogP contribution in [0, 0.1) is 11.8 Å². The molecule has 1 heterocycles. The monoisotopic (exact) mass is 341 g/mol. The molecule has 0 unspecified atom stereocenters. The molecule has 1 saturated carbocycles. The first-order valence-electron chi connectivity index (χ1n) is 8.00. The number of hydrogen-bond donors (Lipinski definition) is 1. The molecule has 3 rings (SSSR count). The van der Waals surface area contributed by atoms with E-state index < -0.39 is 24.4 Å². The Morgan fingerprint density at radius 3 is 2.17 bits per heavy atom. The summed E-state index contributed by atoms with van der Waals surface area (Å²) in [6.07, 6.45) is -3.18.